The number of amides is 1. The van der Waals surface area contributed by atoms with Gasteiger partial charge in [0.25, 0.3) is 0 Å². The summed E-state index contributed by atoms with van der Waals surface area (Å²) in [6.07, 6.45) is 7.63. The summed E-state index contributed by atoms with van der Waals surface area (Å²) in [7, 11) is 1.61. The fourth-order valence-electron chi connectivity index (χ4n) is 6.26. The van der Waals surface area contributed by atoms with Gasteiger partial charge in [-0.15, -0.1) is 0 Å². The van der Waals surface area contributed by atoms with Crippen LogP contribution in [-0.2, 0) is 4.79 Å². The number of carbonyl (C=O) groups is 1. The fourth-order valence-corrected chi connectivity index (χ4v) is 6.26. The van der Waals surface area contributed by atoms with Crippen molar-refractivity contribution in [2.75, 3.05) is 20.2 Å². The summed E-state index contributed by atoms with van der Waals surface area (Å²) in [4.78, 5) is 18.1. The molecule has 1 amide bonds. The Kier molecular flexibility index (Phi) is 3.78. The van der Waals surface area contributed by atoms with Gasteiger partial charge in [-0.3, -0.25) is 9.69 Å². The zero-order valence-electron chi connectivity index (χ0n) is 15.4. The molecular formula is C21H27FN2O2. The number of carbonyl (C=O) groups excluding carboxylic acids is 1. The predicted molar refractivity (Wildman–Crippen MR) is 96.4 cm³/mol. The Bertz CT molecular complexity index is 733. The Hall–Kier alpha value is -1.62. The van der Waals surface area contributed by atoms with Gasteiger partial charge in [-0.1, -0.05) is 12.8 Å². The summed E-state index contributed by atoms with van der Waals surface area (Å²) in [6, 6.07) is 5.43. The first kappa shape index (κ1) is 16.5. The number of nitrogens with zero attached hydrogens (tertiary/aromatic N) is 2. The van der Waals surface area contributed by atoms with Crippen molar-refractivity contribution < 1.29 is 13.9 Å². The molecule has 1 spiro atoms. The average molecular weight is 358 g/mol. The molecule has 3 heterocycles. The molecule has 0 bridgehead atoms. The molecule has 140 valence electrons. The minimum Gasteiger partial charge on any atom is -0.497 e. The Morgan fingerprint density at radius 3 is 2.81 bits per heavy atom. The van der Waals surface area contributed by atoms with Crippen molar-refractivity contribution in [3.63, 3.8) is 0 Å². The van der Waals surface area contributed by atoms with E-state index in [2.05, 4.69) is 9.80 Å². The van der Waals surface area contributed by atoms with Gasteiger partial charge in [-0.05, 0) is 56.8 Å². The lowest BCUT2D eigenvalue weighted by atomic mass is 9.85. The molecule has 1 aromatic rings. The summed E-state index contributed by atoms with van der Waals surface area (Å²) in [5.41, 5.74) is 0.322. The van der Waals surface area contributed by atoms with Gasteiger partial charge in [0.2, 0.25) is 5.91 Å². The average Bonchev–Trinajstić information content (AvgIpc) is 3.39. The zero-order chi connectivity index (χ0) is 17.9. The van der Waals surface area contributed by atoms with Crippen molar-refractivity contribution in [3.05, 3.63) is 29.6 Å². The van der Waals surface area contributed by atoms with Crippen LogP contribution >= 0.6 is 0 Å². The number of hydrogen-bond donors (Lipinski definition) is 0. The summed E-state index contributed by atoms with van der Waals surface area (Å²) in [5, 5.41) is 0. The third kappa shape index (κ3) is 2.13. The maximum atomic E-state index is 14.6. The molecule has 4 nitrogen and oxygen atoms in total. The van der Waals surface area contributed by atoms with E-state index in [4.69, 9.17) is 4.74 Å². The Morgan fingerprint density at radius 2 is 2.04 bits per heavy atom. The van der Waals surface area contributed by atoms with Gasteiger partial charge in [0.15, 0.2) is 0 Å². The Labute approximate surface area is 154 Å². The van der Waals surface area contributed by atoms with Gasteiger partial charge in [0, 0.05) is 30.1 Å². The number of hydrogen-bond acceptors (Lipinski definition) is 3. The summed E-state index contributed by atoms with van der Waals surface area (Å²) < 4.78 is 19.9. The highest BCUT2D eigenvalue weighted by Gasteiger charge is 2.66. The molecule has 1 aliphatic carbocycles. The van der Waals surface area contributed by atoms with Crippen molar-refractivity contribution in [1.82, 2.24) is 9.80 Å². The van der Waals surface area contributed by atoms with Crippen LogP contribution in [0.15, 0.2) is 18.2 Å². The van der Waals surface area contributed by atoms with E-state index >= 15 is 0 Å². The highest BCUT2D eigenvalue weighted by Crippen LogP contribution is 2.57. The largest absolute Gasteiger partial charge is 0.497 e. The first-order valence-electron chi connectivity index (χ1n) is 10.1. The van der Waals surface area contributed by atoms with E-state index in [0.29, 0.717) is 29.2 Å². The molecule has 0 unspecified atom stereocenters. The summed E-state index contributed by atoms with van der Waals surface area (Å²) in [6.45, 7) is 1.75. The van der Waals surface area contributed by atoms with E-state index < -0.39 is 0 Å². The SMILES string of the molecule is COc1ccc(F)c([C@@H]2C[C@H]3CN(C4CCCC4)C(=O)[C@]34CCCN24)c1. The van der Waals surface area contributed by atoms with Crippen molar-refractivity contribution >= 4 is 5.91 Å². The number of methoxy groups -OCH3 is 1. The second-order valence-electron chi connectivity index (χ2n) is 8.45. The van der Waals surface area contributed by atoms with Crippen LogP contribution < -0.4 is 4.74 Å². The van der Waals surface area contributed by atoms with Gasteiger partial charge < -0.3 is 9.64 Å². The van der Waals surface area contributed by atoms with Gasteiger partial charge in [-0.2, -0.15) is 0 Å². The van der Waals surface area contributed by atoms with Crippen molar-refractivity contribution in [2.24, 2.45) is 5.92 Å². The van der Waals surface area contributed by atoms with E-state index in [1.807, 2.05) is 6.07 Å². The van der Waals surface area contributed by atoms with E-state index in [1.54, 1.807) is 13.2 Å². The third-order valence-electron chi connectivity index (χ3n) is 7.40. The van der Waals surface area contributed by atoms with Crippen LogP contribution in [0, 0.1) is 11.7 Å². The van der Waals surface area contributed by atoms with E-state index in [9.17, 15) is 9.18 Å². The first-order valence-corrected chi connectivity index (χ1v) is 10.1. The molecule has 0 aromatic heterocycles. The highest BCUT2D eigenvalue weighted by atomic mass is 19.1. The van der Waals surface area contributed by atoms with Crippen LogP contribution in [0.2, 0.25) is 0 Å². The normalized spacial score (nSPS) is 34.5. The summed E-state index contributed by atoms with van der Waals surface area (Å²) >= 11 is 0. The monoisotopic (exact) mass is 358 g/mol. The van der Waals surface area contributed by atoms with E-state index in [0.717, 1.165) is 45.2 Å². The van der Waals surface area contributed by atoms with Crippen LogP contribution in [0.25, 0.3) is 0 Å². The van der Waals surface area contributed by atoms with Crippen LogP contribution in [0.4, 0.5) is 4.39 Å². The molecule has 4 fully saturated rings. The van der Waals surface area contributed by atoms with Crippen molar-refractivity contribution in [1.29, 1.82) is 0 Å². The van der Waals surface area contributed by atoms with E-state index in [1.165, 1.54) is 18.9 Å². The highest BCUT2D eigenvalue weighted by molar-refractivity contribution is 5.90. The molecule has 0 N–H and O–H groups in total. The maximum absolute atomic E-state index is 14.6. The smallest absolute Gasteiger partial charge is 0.243 e. The molecule has 5 heteroatoms. The molecule has 4 aliphatic rings. The minimum absolute atomic E-state index is 0.00715. The second-order valence-corrected chi connectivity index (χ2v) is 8.45. The first-order chi connectivity index (χ1) is 12.6. The number of rotatable bonds is 3. The minimum atomic E-state index is -0.372. The predicted octanol–water partition coefficient (Wildman–Crippen LogP) is 3.51. The van der Waals surface area contributed by atoms with Gasteiger partial charge in [-0.25, -0.2) is 4.39 Å². The third-order valence-corrected chi connectivity index (χ3v) is 7.40. The van der Waals surface area contributed by atoms with Gasteiger partial charge in [0.1, 0.15) is 17.1 Å². The van der Waals surface area contributed by atoms with Crippen LogP contribution in [-0.4, -0.2) is 47.5 Å². The number of ether oxygens (including phenoxy) is 1. The molecule has 1 aromatic carbocycles. The van der Waals surface area contributed by atoms with Crippen LogP contribution in [0.3, 0.4) is 0 Å². The molecule has 26 heavy (non-hydrogen) atoms. The summed E-state index contributed by atoms with van der Waals surface area (Å²) in [5.74, 6) is 1.16. The second kappa shape index (κ2) is 5.95. The van der Waals surface area contributed by atoms with Gasteiger partial charge >= 0.3 is 0 Å². The van der Waals surface area contributed by atoms with Crippen LogP contribution in [0.5, 0.6) is 5.75 Å². The molecular weight excluding hydrogens is 331 g/mol. The number of benzene rings is 1. The lowest BCUT2D eigenvalue weighted by Crippen LogP contribution is -2.51. The molecule has 3 atom stereocenters. The zero-order valence-corrected chi connectivity index (χ0v) is 15.4. The molecule has 3 saturated heterocycles. The standard InChI is InChI=1S/C21H27FN2O2/c1-26-16-7-8-18(22)17(12-16)19-11-14-13-23(15-5-2-3-6-15)20(25)21(14)9-4-10-24(19)21/h7-8,12,14-15,19H,2-6,9-11,13H2,1H3/t14-,19-,21-/m0/s1. The number of likely N-dealkylation sites (tertiary alicyclic amines) is 1. The molecule has 5 rings (SSSR count). The van der Waals surface area contributed by atoms with Crippen LogP contribution in [0.1, 0.15) is 56.6 Å². The lowest BCUT2D eigenvalue weighted by molar-refractivity contribution is -0.138. The lowest BCUT2D eigenvalue weighted by Gasteiger charge is -2.35. The Morgan fingerprint density at radius 1 is 1.23 bits per heavy atom. The fraction of sp³-hybridized carbons (Fsp3) is 0.667. The number of halogens is 1. The van der Waals surface area contributed by atoms with Crippen molar-refractivity contribution in [3.8, 4) is 5.75 Å². The molecule has 3 aliphatic heterocycles. The Balaban J connectivity index is 1.49. The maximum Gasteiger partial charge on any atom is 0.243 e. The van der Waals surface area contributed by atoms with Gasteiger partial charge in [0.05, 0.1) is 7.11 Å². The topological polar surface area (TPSA) is 32.8 Å². The molecule has 1 saturated carbocycles. The van der Waals surface area contributed by atoms with Crippen molar-refractivity contribution in [2.45, 2.75) is 62.6 Å². The van der Waals surface area contributed by atoms with E-state index in [-0.39, 0.29) is 17.4 Å². The quantitative estimate of drug-likeness (QED) is 0.829. The molecule has 0 radical (unpaired) electrons.